The third kappa shape index (κ3) is 2.51. The van der Waals surface area contributed by atoms with Crippen LogP contribution in [0.4, 0.5) is 0 Å². The number of sulfone groups is 1. The number of hydrogen-bond acceptors (Lipinski definition) is 5. The summed E-state index contributed by atoms with van der Waals surface area (Å²) < 4.78 is 27.0. The van der Waals surface area contributed by atoms with E-state index in [2.05, 4.69) is 14.7 Å². The fourth-order valence-corrected chi connectivity index (χ4v) is 2.31. The molecule has 0 spiro atoms. The van der Waals surface area contributed by atoms with Crippen molar-refractivity contribution in [3.8, 4) is 0 Å². The lowest BCUT2D eigenvalue weighted by Gasteiger charge is -1.98. The molecule has 96 valence electrons. The molecule has 6 nitrogen and oxygen atoms in total. The lowest BCUT2D eigenvalue weighted by atomic mass is 10.2. The Kier molecular flexibility index (Phi) is 3.08. The average molecular weight is 268 g/mol. The van der Waals surface area contributed by atoms with Gasteiger partial charge >= 0.3 is 5.97 Å². The van der Waals surface area contributed by atoms with Crippen LogP contribution in [0.5, 0.6) is 0 Å². The van der Waals surface area contributed by atoms with Gasteiger partial charge in [0.2, 0.25) is 0 Å². The Hall–Kier alpha value is -1.89. The normalized spacial score (nSPS) is 11.7. The van der Waals surface area contributed by atoms with Crippen LogP contribution in [0.3, 0.4) is 0 Å². The molecule has 18 heavy (non-hydrogen) atoms. The van der Waals surface area contributed by atoms with Gasteiger partial charge in [-0.2, -0.15) is 0 Å². The number of aromatic amines is 1. The number of methoxy groups -OCH3 is 1. The minimum Gasteiger partial charge on any atom is -0.465 e. The highest BCUT2D eigenvalue weighted by atomic mass is 32.2. The van der Waals surface area contributed by atoms with Crippen LogP contribution in [-0.2, 0) is 20.3 Å². The molecule has 1 heterocycles. The summed E-state index contributed by atoms with van der Waals surface area (Å²) in [4.78, 5) is 18.5. The van der Waals surface area contributed by atoms with Crippen molar-refractivity contribution in [2.24, 2.45) is 0 Å². The van der Waals surface area contributed by atoms with Gasteiger partial charge in [-0.3, -0.25) is 0 Å². The Morgan fingerprint density at radius 3 is 2.78 bits per heavy atom. The quantitative estimate of drug-likeness (QED) is 0.835. The molecule has 0 saturated carbocycles. The maximum absolute atomic E-state index is 11.5. The van der Waals surface area contributed by atoms with Gasteiger partial charge in [-0.25, -0.2) is 18.2 Å². The molecule has 1 aromatic heterocycles. The number of carbonyl (C=O) groups is 1. The lowest BCUT2D eigenvalue weighted by molar-refractivity contribution is 0.0603. The third-order valence-electron chi connectivity index (χ3n) is 2.37. The van der Waals surface area contributed by atoms with Crippen molar-refractivity contribution in [2.45, 2.75) is 5.75 Å². The van der Waals surface area contributed by atoms with Gasteiger partial charge in [-0.15, -0.1) is 0 Å². The molecule has 0 bridgehead atoms. The van der Waals surface area contributed by atoms with E-state index in [4.69, 9.17) is 0 Å². The molecule has 0 saturated heterocycles. The van der Waals surface area contributed by atoms with E-state index in [1.807, 2.05) is 0 Å². The number of H-pyrrole nitrogens is 1. The van der Waals surface area contributed by atoms with E-state index in [-0.39, 0.29) is 5.75 Å². The molecule has 0 amide bonds. The fraction of sp³-hybridized carbons (Fsp3) is 0.273. The van der Waals surface area contributed by atoms with Crippen LogP contribution in [0.2, 0.25) is 0 Å². The van der Waals surface area contributed by atoms with Gasteiger partial charge in [0.15, 0.2) is 9.84 Å². The molecule has 0 aliphatic rings. The summed E-state index contributed by atoms with van der Waals surface area (Å²) in [6, 6.07) is 4.98. The predicted molar refractivity (Wildman–Crippen MR) is 66.0 cm³/mol. The number of aromatic nitrogens is 2. The standard InChI is InChI=1S/C11H12N2O4S/c1-17-11(14)7-4-3-5-8-10(7)13-9(12-8)6-18(2,15)16/h3-5H,6H2,1-2H3,(H,12,13). The van der Waals surface area contributed by atoms with E-state index in [1.165, 1.54) is 7.11 Å². The summed E-state index contributed by atoms with van der Waals surface area (Å²) in [7, 11) is -1.89. The molecule has 0 unspecified atom stereocenters. The average Bonchev–Trinajstić information content (AvgIpc) is 2.66. The highest BCUT2D eigenvalue weighted by Gasteiger charge is 2.15. The number of nitrogens with zero attached hydrogens (tertiary/aromatic N) is 1. The number of rotatable bonds is 3. The molecule has 0 atom stereocenters. The first-order valence-corrected chi connectivity index (χ1v) is 7.20. The van der Waals surface area contributed by atoms with Crippen molar-refractivity contribution in [2.75, 3.05) is 13.4 Å². The molecular formula is C11H12N2O4S. The number of hydrogen-bond donors (Lipinski definition) is 1. The number of ether oxygens (including phenoxy) is 1. The summed E-state index contributed by atoms with van der Waals surface area (Å²) in [5, 5.41) is 0. The van der Waals surface area contributed by atoms with E-state index in [0.29, 0.717) is 22.4 Å². The zero-order chi connectivity index (χ0) is 13.3. The summed E-state index contributed by atoms with van der Waals surface area (Å²) in [6.45, 7) is 0. The predicted octanol–water partition coefficient (Wildman–Crippen LogP) is 0.894. The first-order valence-electron chi connectivity index (χ1n) is 5.14. The molecule has 2 aromatic rings. The first kappa shape index (κ1) is 12.6. The van der Waals surface area contributed by atoms with Crippen LogP contribution >= 0.6 is 0 Å². The monoisotopic (exact) mass is 268 g/mol. The fourth-order valence-electron chi connectivity index (χ4n) is 1.67. The second-order valence-electron chi connectivity index (χ2n) is 3.95. The van der Waals surface area contributed by atoms with E-state index in [9.17, 15) is 13.2 Å². The number of imidazole rings is 1. The molecule has 1 aromatic carbocycles. The van der Waals surface area contributed by atoms with Gasteiger partial charge in [-0.05, 0) is 12.1 Å². The first-order chi connectivity index (χ1) is 8.40. The van der Waals surface area contributed by atoms with Gasteiger partial charge in [0.05, 0.1) is 18.2 Å². The zero-order valence-electron chi connectivity index (χ0n) is 9.93. The van der Waals surface area contributed by atoms with E-state index in [0.717, 1.165) is 6.26 Å². The van der Waals surface area contributed by atoms with Gasteiger partial charge in [-0.1, -0.05) is 6.07 Å². The Morgan fingerprint density at radius 1 is 1.44 bits per heavy atom. The second kappa shape index (κ2) is 4.41. The van der Waals surface area contributed by atoms with Gasteiger partial charge in [0.1, 0.15) is 17.1 Å². The van der Waals surface area contributed by atoms with Crippen LogP contribution in [-0.4, -0.2) is 37.7 Å². The van der Waals surface area contributed by atoms with Crippen molar-refractivity contribution in [3.63, 3.8) is 0 Å². The van der Waals surface area contributed by atoms with Crippen molar-refractivity contribution in [1.29, 1.82) is 0 Å². The number of benzene rings is 1. The van der Waals surface area contributed by atoms with Crippen molar-refractivity contribution in [1.82, 2.24) is 9.97 Å². The summed E-state index contributed by atoms with van der Waals surface area (Å²) in [6.07, 6.45) is 1.13. The topological polar surface area (TPSA) is 89.1 Å². The van der Waals surface area contributed by atoms with Crippen LogP contribution < -0.4 is 0 Å². The number of para-hydroxylation sites is 1. The maximum Gasteiger partial charge on any atom is 0.340 e. The van der Waals surface area contributed by atoms with E-state index in [1.54, 1.807) is 18.2 Å². The third-order valence-corrected chi connectivity index (χ3v) is 3.16. The number of esters is 1. The minimum absolute atomic E-state index is 0.192. The number of fused-ring (bicyclic) bond motifs is 1. The summed E-state index contributed by atoms with van der Waals surface area (Å²) in [5.41, 5.74) is 1.34. The van der Waals surface area contributed by atoms with Crippen molar-refractivity contribution in [3.05, 3.63) is 29.6 Å². The number of nitrogens with one attached hydrogen (secondary N) is 1. The summed E-state index contributed by atoms with van der Waals surface area (Å²) >= 11 is 0. The Morgan fingerprint density at radius 2 is 2.17 bits per heavy atom. The van der Waals surface area contributed by atoms with Gasteiger partial charge in [0, 0.05) is 6.26 Å². The van der Waals surface area contributed by atoms with Gasteiger partial charge in [0.25, 0.3) is 0 Å². The van der Waals surface area contributed by atoms with Gasteiger partial charge < -0.3 is 9.72 Å². The SMILES string of the molecule is COC(=O)c1cccc2[nH]c(CS(C)(=O)=O)nc12. The molecule has 0 aliphatic heterocycles. The second-order valence-corrected chi connectivity index (χ2v) is 6.09. The molecule has 2 rings (SSSR count). The number of carbonyl (C=O) groups excluding carboxylic acids is 1. The highest BCUT2D eigenvalue weighted by molar-refractivity contribution is 7.89. The smallest absolute Gasteiger partial charge is 0.340 e. The highest BCUT2D eigenvalue weighted by Crippen LogP contribution is 2.18. The largest absolute Gasteiger partial charge is 0.465 e. The Labute approximate surface area is 104 Å². The van der Waals surface area contributed by atoms with Crippen LogP contribution in [0.25, 0.3) is 11.0 Å². The van der Waals surface area contributed by atoms with Crippen LogP contribution in [0.1, 0.15) is 16.2 Å². The Balaban J connectivity index is 2.54. The zero-order valence-corrected chi connectivity index (χ0v) is 10.7. The molecule has 0 radical (unpaired) electrons. The Bertz CT molecular complexity index is 703. The minimum atomic E-state index is -3.17. The molecule has 7 heteroatoms. The summed E-state index contributed by atoms with van der Waals surface area (Å²) in [5.74, 6) is -0.385. The van der Waals surface area contributed by atoms with Crippen LogP contribution in [0.15, 0.2) is 18.2 Å². The molecular weight excluding hydrogens is 256 g/mol. The van der Waals surface area contributed by atoms with E-state index < -0.39 is 15.8 Å². The van der Waals surface area contributed by atoms with Crippen molar-refractivity contribution < 1.29 is 17.9 Å². The van der Waals surface area contributed by atoms with Crippen molar-refractivity contribution >= 4 is 26.8 Å². The molecule has 1 N–H and O–H groups in total. The lowest BCUT2D eigenvalue weighted by Crippen LogP contribution is -2.03. The van der Waals surface area contributed by atoms with Crippen LogP contribution in [0, 0.1) is 0 Å². The maximum atomic E-state index is 11.5. The molecule has 0 aliphatic carbocycles. The van der Waals surface area contributed by atoms with E-state index >= 15 is 0 Å². The molecule has 0 fully saturated rings.